The Balaban J connectivity index is 1.86. The van der Waals surface area contributed by atoms with Crippen molar-refractivity contribution in [1.82, 2.24) is 10.2 Å². The molecule has 2 bridgehead atoms. The first kappa shape index (κ1) is 8.20. The molecule has 0 aliphatic carbocycles. The van der Waals surface area contributed by atoms with Gasteiger partial charge in [-0.3, -0.25) is 9.69 Å². The van der Waals surface area contributed by atoms with Crippen LogP contribution in [0, 0.1) is 0 Å². The first-order valence-electron chi connectivity index (χ1n) is 4.78. The van der Waals surface area contributed by atoms with Crippen LogP contribution in [0.15, 0.2) is 0 Å². The molecule has 2 unspecified atom stereocenters. The molecule has 12 heavy (non-hydrogen) atoms. The number of likely N-dealkylation sites (tertiary alicyclic amines) is 1. The Labute approximate surface area is 73.1 Å². The van der Waals surface area contributed by atoms with Crippen molar-refractivity contribution < 1.29 is 4.79 Å². The number of hydrogen-bond acceptors (Lipinski definition) is 3. The van der Waals surface area contributed by atoms with Crippen molar-refractivity contribution in [2.45, 2.75) is 31.8 Å². The van der Waals surface area contributed by atoms with Gasteiger partial charge in [-0.1, -0.05) is 6.92 Å². The largest absolute Gasteiger partial charge is 0.311 e. The molecule has 0 aromatic rings. The second-order valence-corrected chi connectivity index (χ2v) is 3.82. The number of piperazine rings is 1. The van der Waals surface area contributed by atoms with Crippen molar-refractivity contribution in [3.8, 4) is 0 Å². The summed E-state index contributed by atoms with van der Waals surface area (Å²) in [6, 6.07) is 1.31. The minimum atomic E-state index is 0.377. The summed E-state index contributed by atoms with van der Waals surface area (Å²) in [5, 5.41) is 3.42. The lowest BCUT2D eigenvalue weighted by Crippen LogP contribution is -2.45. The van der Waals surface area contributed by atoms with Crippen LogP contribution >= 0.6 is 0 Å². The van der Waals surface area contributed by atoms with E-state index in [-0.39, 0.29) is 0 Å². The molecule has 0 aromatic carbocycles. The van der Waals surface area contributed by atoms with Gasteiger partial charge in [-0.15, -0.1) is 0 Å². The highest BCUT2D eigenvalue weighted by molar-refractivity contribution is 5.80. The molecule has 0 saturated carbocycles. The molecule has 2 saturated heterocycles. The number of carbonyl (C=O) groups excluding carboxylic acids is 1. The number of fused-ring (bicyclic) bond motifs is 2. The third-order valence-corrected chi connectivity index (χ3v) is 2.94. The average Bonchev–Trinajstić information content (AvgIpc) is 2.64. The Hall–Kier alpha value is -0.410. The average molecular weight is 168 g/mol. The predicted octanol–water partition coefficient (Wildman–Crippen LogP) is 0.0116. The maximum atomic E-state index is 11.2. The molecule has 2 aliphatic heterocycles. The van der Waals surface area contributed by atoms with Crippen LogP contribution < -0.4 is 5.32 Å². The van der Waals surface area contributed by atoms with E-state index in [1.807, 2.05) is 6.92 Å². The number of nitrogens with one attached hydrogen (secondary N) is 1. The van der Waals surface area contributed by atoms with E-state index < -0.39 is 0 Å². The van der Waals surface area contributed by atoms with Crippen molar-refractivity contribution in [3.63, 3.8) is 0 Å². The molecule has 0 aromatic heterocycles. The van der Waals surface area contributed by atoms with Gasteiger partial charge in [-0.2, -0.15) is 0 Å². The van der Waals surface area contributed by atoms with E-state index in [1.165, 1.54) is 6.42 Å². The van der Waals surface area contributed by atoms with E-state index in [4.69, 9.17) is 0 Å². The number of carbonyl (C=O) groups is 1. The number of ketones is 1. The Morgan fingerprint density at radius 3 is 3.00 bits per heavy atom. The van der Waals surface area contributed by atoms with Crippen LogP contribution in [0.4, 0.5) is 0 Å². The molecule has 0 amide bonds. The van der Waals surface area contributed by atoms with Crippen LogP contribution in [-0.4, -0.2) is 42.4 Å². The fourth-order valence-corrected chi connectivity index (χ4v) is 2.18. The van der Waals surface area contributed by atoms with Gasteiger partial charge in [0.1, 0.15) is 5.78 Å². The highest BCUT2D eigenvalue weighted by Crippen LogP contribution is 2.22. The van der Waals surface area contributed by atoms with E-state index in [0.717, 1.165) is 13.1 Å². The summed E-state index contributed by atoms with van der Waals surface area (Å²) in [7, 11) is 0. The topological polar surface area (TPSA) is 32.3 Å². The second-order valence-electron chi connectivity index (χ2n) is 3.82. The summed E-state index contributed by atoms with van der Waals surface area (Å²) in [4.78, 5) is 13.5. The Morgan fingerprint density at radius 2 is 2.50 bits per heavy atom. The molecule has 2 aliphatic rings. The predicted molar refractivity (Wildman–Crippen MR) is 47.1 cm³/mol. The standard InChI is InChI=1S/C9H16N2O/c1-2-9(12)6-11-5-7-3-8(11)4-10-7/h7-8,10H,2-6H2,1H3. The van der Waals surface area contributed by atoms with Crippen LogP contribution in [-0.2, 0) is 4.79 Å². The SMILES string of the molecule is CCC(=O)CN1CC2CC1CN2. The highest BCUT2D eigenvalue weighted by Gasteiger charge is 2.37. The summed E-state index contributed by atoms with van der Waals surface area (Å²) in [5.74, 6) is 0.377. The molecule has 2 atom stereocenters. The first-order valence-corrected chi connectivity index (χ1v) is 4.78. The fourth-order valence-electron chi connectivity index (χ4n) is 2.18. The summed E-state index contributed by atoms with van der Waals surface area (Å²) in [6.07, 6.45) is 1.93. The zero-order valence-corrected chi connectivity index (χ0v) is 7.55. The van der Waals surface area contributed by atoms with Crippen LogP contribution in [0.5, 0.6) is 0 Å². The van der Waals surface area contributed by atoms with Crippen LogP contribution in [0.1, 0.15) is 19.8 Å². The number of nitrogens with zero attached hydrogens (tertiary/aromatic N) is 1. The summed E-state index contributed by atoms with van der Waals surface area (Å²) < 4.78 is 0. The van der Waals surface area contributed by atoms with Crippen LogP contribution in [0.25, 0.3) is 0 Å². The molecule has 1 N–H and O–H groups in total. The molecular weight excluding hydrogens is 152 g/mol. The van der Waals surface area contributed by atoms with Gasteiger partial charge in [0, 0.05) is 31.6 Å². The van der Waals surface area contributed by atoms with E-state index in [9.17, 15) is 4.79 Å². The number of hydrogen-bond donors (Lipinski definition) is 1. The van der Waals surface area contributed by atoms with E-state index in [1.54, 1.807) is 0 Å². The Morgan fingerprint density at radius 1 is 1.67 bits per heavy atom. The number of rotatable bonds is 3. The third kappa shape index (κ3) is 1.39. The quantitative estimate of drug-likeness (QED) is 0.644. The maximum Gasteiger partial charge on any atom is 0.146 e. The monoisotopic (exact) mass is 168 g/mol. The Bertz CT molecular complexity index is 193. The maximum absolute atomic E-state index is 11.2. The first-order chi connectivity index (χ1) is 5.79. The fraction of sp³-hybridized carbons (Fsp3) is 0.889. The minimum Gasteiger partial charge on any atom is -0.311 e. The third-order valence-electron chi connectivity index (χ3n) is 2.94. The van der Waals surface area contributed by atoms with Crippen molar-refractivity contribution in [1.29, 1.82) is 0 Å². The molecule has 0 radical (unpaired) electrons. The van der Waals surface area contributed by atoms with Crippen molar-refractivity contribution in [2.24, 2.45) is 0 Å². The summed E-state index contributed by atoms with van der Waals surface area (Å²) in [5.41, 5.74) is 0. The van der Waals surface area contributed by atoms with Crippen molar-refractivity contribution >= 4 is 5.78 Å². The van der Waals surface area contributed by atoms with Gasteiger partial charge in [0.15, 0.2) is 0 Å². The molecule has 2 rings (SSSR count). The summed E-state index contributed by atoms with van der Waals surface area (Å²) >= 11 is 0. The molecule has 3 nitrogen and oxygen atoms in total. The zero-order chi connectivity index (χ0) is 8.55. The van der Waals surface area contributed by atoms with Crippen LogP contribution in [0.2, 0.25) is 0 Å². The molecule has 3 heteroatoms. The van der Waals surface area contributed by atoms with E-state index in [2.05, 4.69) is 10.2 Å². The van der Waals surface area contributed by atoms with Crippen LogP contribution in [0.3, 0.4) is 0 Å². The van der Waals surface area contributed by atoms with Gasteiger partial charge < -0.3 is 5.32 Å². The van der Waals surface area contributed by atoms with E-state index in [0.29, 0.717) is 30.8 Å². The van der Waals surface area contributed by atoms with Gasteiger partial charge >= 0.3 is 0 Å². The van der Waals surface area contributed by atoms with Gasteiger partial charge in [0.05, 0.1) is 6.54 Å². The minimum absolute atomic E-state index is 0.377. The lowest BCUT2D eigenvalue weighted by Gasteiger charge is -2.26. The summed E-state index contributed by atoms with van der Waals surface area (Å²) in [6.45, 7) is 4.78. The van der Waals surface area contributed by atoms with Gasteiger partial charge in [-0.05, 0) is 6.42 Å². The lowest BCUT2D eigenvalue weighted by atomic mass is 10.2. The molecule has 2 fully saturated rings. The molecule has 2 heterocycles. The van der Waals surface area contributed by atoms with Gasteiger partial charge in [0.2, 0.25) is 0 Å². The smallest absolute Gasteiger partial charge is 0.146 e. The second kappa shape index (κ2) is 3.15. The van der Waals surface area contributed by atoms with Gasteiger partial charge in [0.25, 0.3) is 0 Å². The van der Waals surface area contributed by atoms with Crippen molar-refractivity contribution in [2.75, 3.05) is 19.6 Å². The van der Waals surface area contributed by atoms with Crippen molar-refractivity contribution in [3.05, 3.63) is 0 Å². The molecule has 0 spiro atoms. The van der Waals surface area contributed by atoms with E-state index >= 15 is 0 Å². The molecule has 68 valence electrons. The van der Waals surface area contributed by atoms with Gasteiger partial charge in [-0.25, -0.2) is 0 Å². The normalized spacial score (nSPS) is 34.4. The molecular formula is C9H16N2O. The zero-order valence-electron chi connectivity index (χ0n) is 7.55. The lowest BCUT2D eigenvalue weighted by molar-refractivity contribution is -0.120. The Kier molecular flexibility index (Phi) is 2.15. The number of Topliss-reactive ketones (excluding diaryl/α,β-unsaturated/α-hetero) is 1. The highest BCUT2D eigenvalue weighted by atomic mass is 16.1.